The Morgan fingerprint density at radius 3 is 3.00 bits per heavy atom. The first-order valence-corrected chi connectivity index (χ1v) is 5.42. The number of nitrogens with one attached hydrogen (secondary N) is 3. The number of hydrogen-bond donors (Lipinski definition) is 4. The molecule has 0 aliphatic rings. The van der Waals surface area contributed by atoms with Gasteiger partial charge in [-0.1, -0.05) is 18.2 Å². The molecule has 0 saturated heterocycles. The van der Waals surface area contributed by atoms with Crippen LogP contribution < -0.4 is 11.3 Å². The maximum absolute atomic E-state index is 11.3. The van der Waals surface area contributed by atoms with Crippen LogP contribution in [-0.2, 0) is 0 Å². The molecule has 5 N–H and O–H groups in total. The van der Waals surface area contributed by atoms with E-state index in [-0.39, 0.29) is 0 Å². The zero-order valence-electron chi connectivity index (χ0n) is 9.40. The summed E-state index contributed by atoms with van der Waals surface area (Å²) in [5, 5.41) is 7.83. The molecule has 6 nitrogen and oxygen atoms in total. The second-order valence-electron chi connectivity index (χ2n) is 3.89. The van der Waals surface area contributed by atoms with Crippen molar-refractivity contribution in [1.82, 2.24) is 20.6 Å². The average molecular weight is 241 g/mol. The summed E-state index contributed by atoms with van der Waals surface area (Å²) in [7, 11) is 0. The van der Waals surface area contributed by atoms with Crippen molar-refractivity contribution in [3.05, 3.63) is 42.2 Å². The van der Waals surface area contributed by atoms with E-state index >= 15 is 0 Å². The Kier molecular flexibility index (Phi) is 2.35. The number of nitrogens with two attached hydrogens (primary N) is 1. The molecule has 3 aromatic rings. The van der Waals surface area contributed by atoms with Gasteiger partial charge in [0.25, 0.3) is 5.91 Å². The molecule has 3 rings (SSSR count). The largest absolute Gasteiger partial charge is 0.360 e. The molecule has 0 unspecified atom stereocenters. The minimum atomic E-state index is -0.395. The molecule has 0 spiro atoms. The Morgan fingerprint density at radius 1 is 1.33 bits per heavy atom. The van der Waals surface area contributed by atoms with E-state index in [9.17, 15) is 4.79 Å². The molecule has 2 aromatic heterocycles. The van der Waals surface area contributed by atoms with Gasteiger partial charge in [-0.25, -0.2) is 5.84 Å². The molecular formula is C12H11N5O. The summed E-state index contributed by atoms with van der Waals surface area (Å²) in [6.07, 6.45) is 1.87. The predicted octanol–water partition coefficient (Wildman–Crippen LogP) is 1.16. The monoisotopic (exact) mass is 241 g/mol. The lowest BCUT2D eigenvalue weighted by atomic mass is 10.1. The quantitative estimate of drug-likeness (QED) is 0.308. The van der Waals surface area contributed by atoms with Gasteiger partial charge in [0.05, 0.1) is 5.69 Å². The molecule has 0 aliphatic heterocycles. The average Bonchev–Trinajstić information content (AvgIpc) is 3.03. The minimum Gasteiger partial charge on any atom is -0.360 e. The normalized spacial score (nSPS) is 10.7. The van der Waals surface area contributed by atoms with E-state index in [1.165, 1.54) is 0 Å². The molecular weight excluding hydrogens is 230 g/mol. The zero-order valence-corrected chi connectivity index (χ0v) is 9.40. The van der Waals surface area contributed by atoms with Gasteiger partial charge in [0.15, 0.2) is 0 Å². The fourth-order valence-electron chi connectivity index (χ4n) is 1.94. The molecule has 1 amide bonds. The summed E-state index contributed by atoms with van der Waals surface area (Å²) < 4.78 is 0. The Balaban J connectivity index is 2.09. The third-order valence-electron chi connectivity index (χ3n) is 2.82. The van der Waals surface area contributed by atoms with Crippen molar-refractivity contribution in [3.63, 3.8) is 0 Å². The van der Waals surface area contributed by atoms with Crippen molar-refractivity contribution in [2.45, 2.75) is 0 Å². The number of rotatable bonds is 2. The first-order valence-electron chi connectivity index (χ1n) is 5.42. The van der Waals surface area contributed by atoms with Gasteiger partial charge in [0, 0.05) is 22.7 Å². The van der Waals surface area contributed by atoms with Gasteiger partial charge in [0.1, 0.15) is 5.69 Å². The SMILES string of the molecule is NNC(=O)c1cc(-c2c[nH]c3ccccc23)n[nH]1. The molecule has 0 atom stereocenters. The smallest absolute Gasteiger partial charge is 0.283 e. The first kappa shape index (κ1) is 10.5. The standard InChI is InChI=1S/C12H11N5O/c13-15-12(18)11-5-10(16-17-11)8-6-14-9-4-2-1-3-7(8)9/h1-6,14H,13H2,(H,15,18)(H,16,17). The number of aromatic nitrogens is 3. The van der Waals surface area contributed by atoms with Crippen LogP contribution in [0.4, 0.5) is 0 Å². The van der Waals surface area contributed by atoms with E-state index in [0.29, 0.717) is 11.4 Å². The van der Waals surface area contributed by atoms with Crippen molar-refractivity contribution in [2.24, 2.45) is 5.84 Å². The van der Waals surface area contributed by atoms with Gasteiger partial charge in [-0.3, -0.25) is 15.3 Å². The van der Waals surface area contributed by atoms with Crippen LogP contribution in [0.15, 0.2) is 36.5 Å². The van der Waals surface area contributed by atoms with Crippen LogP contribution in [-0.4, -0.2) is 21.1 Å². The van der Waals surface area contributed by atoms with Crippen LogP contribution in [0.2, 0.25) is 0 Å². The molecule has 6 heteroatoms. The van der Waals surface area contributed by atoms with Gasteiger partial charge in [-0.05, 0) is 12.1 Å². The van der Waals surface area contributed by atoms with E-state index in [1.54, 1.807) is 6.07 Å². The summed E-state index contributed by atoms with van der Waals surface area (Å²) in [6.45, 7) is 0. The van der Waals surface area contributed by atoms with E-state index in [1.807, 2.05) is 30.5 Å². The maximum Gasteiger partial charge on any atom is 0.283 e. The molecule has 0 saturated carbocycles. The number of carbonyl (C=O) groups excluding carboxylic acids is 1. The lowest BCUT2D eigenvalue weighted by Gasteiger charge is -1.93. The summed E-state index contributed by atoms with van der Waals surface area (Å²) >= 11 is 0. The maximum atomic E-state index is 11.3. The number of benzene rings is 1. The first-order chi connectivity index (χ1) is 8.79. The molecule has 90 valence electrons. The third kappa shape index (κ3) is 1.56. The van der Waals surface area contributed by atoms with Crippen molar-refractivity contribution >= 4 is 16.8 Å². The van der Waals surface area contributed by atoms with Crippen LogP contribution in [0.1, 0.15) is 10.5 Å². The highest BCUT2D eigenvalue weighted by molar-refractivity contribution is 5.97. The van der Waals surface area contributed by atoms with Gasteiger partial charge >= 0.3 is 0 Å². The van der Waals surface area contributed by atoms with E-state index in [2.05, 4.69) is 20.6 Å². The number of carbonyl (C=O) groups is 1. The van der Waals surface area contributed by atoms with E-state index < -0.39 is 5.91 Å². The fourth-order valence-corrected chi connectivity index (χ4v) is 1.94. The van der Waals surface area contributed by atoms with E-state index in [4.69, 9.17) is 5.84 Å². The highest BCUT2D eigenvalue weighted by Gasteiger charge is 2.12. The molecule has 0 bridgehead atoms. The molecule has 0 aliphatic carbocycles. The van der Waals surface area contributed by atoms with Gasteiger partial charge in [-0.15, -0.1) is 0 Å². The fraction of sp³-hybridized carbons (Fsp3) is 0. The molecule has 0 radical (unpaired) electrons. The second kappa shape index (κ2) is 4.01. The molecule has 0 fully saturated rings. The number of fused-ring (bicyclic) bond motifs is 1. The molecule has 1 aromatic carbocycles. The number of nitrogens with zero attached hydrogens (tertiary/aromatic N) is 1. The Labute approximate surface area is 102 Å². The number of hydrogen-bond acceptors (Lipinski definition) is 3. The number of amides is 1. The van der Waals surface area contributed by atoms with Crippen molar-refractivity contribution < 1.29 is 4.79 Å². The van der Waals surface area contributed by atoms with Gasteiger partial charge in [0.2, 0.25) is 0 Å². The van der Waals surface area contributed by atoms with Crippen LogP contribution in [0.3, 0.4) is 0 Å². The number of hydrazine groups is 1. The highest BCUT2D eigenvalue weighted by Crippen LogP contribution is 2.27. The van der Waals surface area contributed by atoms with Gasteiger partial charge < -0.3 is 4.98 Å². The second-order valence-corrected chi connectivity index (χ2v) is 3.89. The van der Waals surface area contributed by atoms with Crippen molar-refractivity contribution in [2.75, 3.05) is 0 Å². The number of para-hydroxylation sites is 1. The molecule has 18 heavy (non-hydrogen) atoms. The van der Waals surface area contributed by atoms with Crippen molar-refractivity contribution in [3.8, 4) is 11.3 Å². The summed E-state index contributed by atoms with van der Waals surface area (Å²) in [5.41, 5.74) is 5.06. The van der Waals surface area contributed by atoms with Crippen LogP contribution in [0.25, 0.3) is 22.2 Å². The summed E-state index contributed by atoms with van der Waals surface area (Å²) in [5.74, 6) is 4.67. The number of nitrogen functional groups attached to an aromatic ring is 1. The Bertz CT molecular complexity index is 712. The van der Waals surface area contributed by atoms with Crippen molar-refractivity contribution in [1.29, 1.82) is 0 Å². The Morgan fingerprint density at radius 2 is 2.17 bits per heavy atom. The zero-order chi connectivity index (χ0) is 12.5. The van der Waals surface area contributed by atoms with Crippen LogP contribution >= 0.6 is 0 Å². The Hall–Kier alpha value is -2.60. The van der Waals surface area contributed by atoms with Crippen LogP contribution in [0, 0.1) is 0 Å². The lowest BCUT2D eigenvalue weighted by Crippen LogP contribution is -2.30. The van der Waals surface area contributed by atoms with Gasteiger partial charge in [-0.2, -0.15) is 5.10 Å². The number of H-pyrrole nitrogens is 2. The summed E-state index contributed by atoms with van der Waals surface area (Å²) in [4.78, 5) is 14.5. The number of aromatic amines is 2. The predicted molar refractivity (Wildman–Crippen MR) is 67.5 cm³/mol. The topological polar surface area (TPSA) is 99.6 Å². The highest BCUT2D eigenvalue weighted by atomic mass is 16.2. The third-order valence-corrected chi connectivity index (χ3v) is 2.82. The minimum absolute atomic E-state index is 0.331. The summed E-state index contributed by atoms with van der Waals surface area (Å²) in [6, 6.07) is 9.57. The molecule has 2 heterocycles. The van der Waals surface area contributed by atoms with E-state index in [0.717, 1.165) is 16.5 Å². The van der Waals surface area contributed by atoms with Crippen LogP contribution in [0.5, 0.6) is 0 Å². The lowest BCUT2D eigenvalue weighted by molar-refractivity contribution is 0.0948.